The minimum Gasteiger partial charge on any atom is -0.378 e. The Balaban J connectivity index is 1.31. The number of hydrogen-bond donors (Lipinski definition) is 0. The summed E-state index contributed by atoms with van der Waals surface area (Å²) in [4.78, 5) is 24.1. The summed E-state index contributed by atoms with van der Waals surface area (Å²) in [6.07, 6.45) is 1.95. The van der Waals surface area contributed by atoms with E-state index in [0.717, 1.165) is 55.1 Å². The maximum atomic E-state index is 12.3. The second-order valence-electron chi connectivity index (χ2n) is 6.25. The number of fused-ring (bicyclic) bond motifs is 1. The summed E-state index contributed by atoms with van der Waals surface area (Å²) in [6, 6.07) is 0. The number of imidazole rings is 1. The molecule has 8 nitrogen and oxygen atoms in total. The van der Waals surface area contributed by atoms with Gasteiger partial charge in [-0.25, -0.2) is 9.50 Å². The van der Waals surface area contributed by atoms with Crippen LogP contribution in [0.2, 0.25) is 0 Å². The van der Waals surface area contributed by atoms with Crippen LogP contribution in [0, 0.1) is 6.92 Å². The van der Waals surface area contributed by atoms with Gasteiger partial charge in [0.2, 0.25) is 16.0 Å². The number of aryl methyl sites for hydroxylation is 1. The van der Waals surface area contributed by atoms with E-state index >= 15 is 0 Å². The molecule has 130 valence electrons. The van der Waals surface area contributed by atoms with Crippen molar-refractivity contribution in [1.82, 2.24) is 24.4 Å². The van der Waals surface area contributed by atoms with Gasteiger partial charge in [0.15, 0.2) is 0 Å². The zero-order chi connectivity index (χ0) is 16.5. The molecule has 0 atom stereocenters. The van der Waals surface area contributed by atoms with E-state index in [9.17, 15) is 4.79 Å². The van der Waals surface area contributed by atoms with E-state index in [2.05, 4.69) is 19.9 Å². The third-order valence-electron chi connectivity index (χ3n) is 4.52. The molecular weight excluding hydrogens is 328 g/mol. The summed E-state index contributed by atoms with van der Waals surface area (Å²) in [5.41, 5.74) is 0.992. The predicted molar refractivity (Wildman–Crippen MR) is 91.7 cm³/mol. The molecule has 2 aromatic rings. The predicted octanol–water partition coefficient (Wildman–Crippen LogP) is 0.0800. The van der Waals surface area contributed by atoms with Gasteiger partial charge in [0.25, 0.3) is 0 Å². The molecule has 0 saturated carbocycles. The van der Waals surface area contributed by atoms with Crippen LogP contribution in [0.3, 0.4) is 0 Å². The summed E-state index contributed by atoms with van der Waals surface area (Å²) in [6.45, 7) is 8.80. The van der Waals surface area contributed by atoms with Gasteiger partial charge >= 0.3 is 0 Å². The highest BCUT2D eigenvalue weighted by Crippen LogP contribution is 2.24. The molecule has 2 aromatic heterocycles. The largest absolute Gasteiger partial charge is 0.378 e. The molecule has 2 fully saturated rings. The van der Waals surface area contributed by atoms with Gasteiger partial charge in [-0.1, -0.05) is 11.3 Å². The topological polar surface area (TPSA) is 66.2 Å². The highest BCUT2D eigenvalue weighted by atomic mass is 32.1. The van der Waals surface area contributed by atoms with Crippen LogP contribution >= 0.6 is 11.3 Å². The van der Waals surface area contributed by atoms with Gasteiger partial charge in [0, 0.05) is 39.3 Å². The van der Waals surface area contributed by atoms with Gasteiger partial charge in [-0.15, -0.1) is 5.10 Å². The number of piperazine rings is 1. The van der Waals surface area contributed by atoms with Crippen LogP contribution in [-0.2, 0) is 9.53 Å². The Kier molecular flexibility index (Phi) is 4.38. The summed E-state index contributed by atoms with van der Waals surface area (Å²) in [5, 5.41) is 5.62. The van der Waals surface area contributed by atoms with Crippen molar-refractivity contribution in [2.24, 2.45) is 0 Å². The van der Waals surface area contributed by atoms with E-state index in [0.29, 0.717) is 19.8 Å². The molecule has 4 heterocycles. The first kappa shape index (κ1) is 15.8. The first-order chi connectivity index (χ1) is 11.7. The number of ether oxygens (including phenoxy) is 1. The van der Waals surface area contributed by atoms with Gasteiger partial charge in [-0.05, 0) is 6.92 Å². The lowest BCUT2D eigenvalue weighted by Crippen LogP contribution is -2.51. The molecule has 0 radical (unpaired) electrons. The zero-order valence-electron chi connectivity index (χ0n) is 13.8. The first-order valence-corrected chi connectivity index (χ1v) is 9.16. The quantitative estimate of drug-likeness (QED) is 0.781. The number of aromatic nitrogens is 3. The number of carbonyl (C=O) groups is 1. The Morgan fingerprint density at radius 1 is 1.21 bits per heavy atom. The van der Waals surface area contributed by atoms with E-state index in [1.165, 1.54) is 0 Å². The Morgan fingerprint density at radius 2 is 1.96 bits per heavy atom. The van der Waals surface area contributed by atoms with Gasteiger partial charge < -0.3 is 14.5 Å². The SMILES string of the molecule is Cc1cn2nc(N3CCN(CC(=O)N4CCOCC4)CC3)sc2n1. The molecule has 0 unspecified atom stereocenters. The lowest BCUT2D eigenvalue weighted by Gasteiger charge is -2.35. The third-order valence-corrected chi connectivity index (χ3v) is 5.50. The molecule has 9 heteroatoms. The van der Waals surface area contributed by atoms with Crippen molar-refractivity contribution in [3.05, 3.63) is 11.9 Å². The summed E-state index contributed by atoms with van der Waals surface area (Å²) in [5.74, 6) is 0.218. The van der Waals surface area contributed by atoms with Crippen molar-refractivity contribution >= 4 is 27.3 Å². The van der Waals surface area contributed by atoms with E-state index < -0.39 is 0 Å². The third kappa shape index (κ3) is 3.24. The molecule has 4 rings (SSSR count). The Labute approximate surface area is 144 Å². The minimum atomic E-state index is 0.218. The maximum Gasteiger partial charge on any atom is 0.236 e. The second-order valence-corrected chi connectivity index (χ2v) is 7.18. The highest BCUT2D eigenvalue weighted by molar-refractivity contribution is 7.20. The minimum absolute atomic E-state index is 0.218. The van der Waals surface area contributed by atoms with Crippen LogP contribution in [0.25, 0.3) is 4.96 Å². The van der Waals surface area contributed by atoms with Gasteiger partial charge in [0.05, 0.1) is 31.6 Å². The molecule has 2 aliphatic rings. The molecule has 0 aliphatic carbocycles. The van der Waals surface area contributed by atoms with Crippen LogP contribution in [0.15, 0.2) is 6.20 Å². The fourth-order valence-electron chi connectivity index (χ4n) is 3.13. The van der Waals surface area contributed by atoms with E-state index in [-0.39, 0.29) is 5.91 Å². The number of nitrogens with zero attached hydrogens (tertiary/aromatic N) is 6. The van der Waals surface area contributed by atoms with Crippen molar-refractivity contribution in [3.63, 3.8) is 0 Å². The van der Waals surface area contributed by atoms with Crippen LogP contribution in [-0.4, -0.2) is 89.3 Å². The van der Waals surface area contributed by atoms with E-state index in [1.54, 1.807) is 11.3 Å². The fraction of sp³-hybridized carbons (Fsp3) is 0.667. The Morgan fingerprint density at radius 3 is 2.67 bits per heavy atom. The molecule has 0 spiro atoms. The number of morpholine rings is 1. The van der Waals surface area contributed by atoms with Crippen molar-refractivity contribution < 1.29 is 9.53 Å². The molecular formula is C15H22N6O2S. The van der Waals surface area contributed by atoms with Crippen molar-refractivity contribution in [2.75, 3.05) is 63.9 Å². The zero-order valence-corrected chi connectivity index (χ0v) is 14.7. The van der Waals surface area contributed by atoms with Crippen LogP contribution in [0.1, 0.15) is 5.69 Å². The molecule has 1 amide bonds. The smallest absolute Gasteiger partial charge is 0.236 e. The monoisotopic (exact) mass is 350 g/mol. The van der Waals surface area contributed by atoms with Crippen LogP contribution in [0.4, 0.5) is 5.13 Å². The maximum absolute atomic E-state index is 12.3. The van der Waals surface area contributed by atoms with Crippen molar-refractivity contribution in [1.29, 1.82) is 0 Å². The van der Waals surface area contributed by atoms with E-state index in [1.807, 2.05) is 22.5 Å². The van der Waals surface area contributed by atoms with Crippen LogP contribution in [0.5, 0.6) is 0 Å². The molecule has 0 bridgehead atoms. The number of hydrogen-bond acceptors (Lipinski definition) is 7. The van der Waals surface area contributed by atoms with Crippen molar-refractivity contribution in [2.45, 2.75) is 6.92 Å². The molecule has 2 saturated heterocycles. The average molecular weight is 350 g/mol. The normalized spacial score (nSPS) is 20.0. The van der Waals surface area contributed by atoms with Gasteiger partial charge in [-0.3, -0.25) is 9.69 Å². The lowest BCUT2D eigenvalue weighted by molar-refractivity contribution is -0.136. The number of rotatable bonds is 3. The summed E-state index contributed by atoms with van der Waals surface area (Å²) >= 11 is 1.62. The van der Waals surface area contributed by atoms with Gasteiger partial charge in [0.1, 0.15) is 0 Å². The van der Waals surface area contributed by atoms with Crippen molar-refractivity contribution in [3.8, 4) is 0 Å². The summed E-state index contributed by atoms with van der Waals surface area (Å²) in [7, 11) is 0. The molecule has 2 aliphatic heterocycles. The van der Waals surface area contributed by atoms with E-state index in [4.69, 9.17) is 4.74 Å². The fourth-order valence-corrected chi connectivity index (χ4v) is 4.11. The summed E-state index contributed by atoms with van der Waals surface area (Å²) < 4.78 is 7.15. The number of carbonyl (C=O) groups excluding carboxylic acids is 1. The molecule has 0 N–H and O–H groups in total. The first-order valence-electron chi connectivity index (χ1n) is 8.35. The lowest BCUT2D eigenvalue weighted by atomic mass is 10.3. The number of amides is 1. The van der Waals surface area contributed by atoms with Crippen LogP contribution < -0.4 is 4.90 Å². The molecule has 24 heavy (non-hydrogen) atoms. The highest BCUT2D eigenvalue weighted by Gasteiger charge is 2.24. The Bertz CT molecular complexity index is 683. The molecule has 0 aromatic carbocycles. The average Bonchev–Trinajstić information content (AvgIpc) is 3.13. The Hall–Kier alpha value is -1.71. The number of anilines is 1. The van der Waals surface area contributed by atoms with Gasteiger partial charge in [-0.2, -0.15) is 0 Å². The second kappa shape index (κ2) is 6.66. The standard InChI is InChI=1S/C15H22N6O2S/c1-12-10-21-14(16-12)24-15(17-21)20-4-2-18(3-5-20)11-13(22)19-6-8-23-9-7-19/h10H,2-9,11H2,1H3.